The van der Waals surface area contributed by atoms with Crippen molar-refractivity contribution in [2.24, 2.45) is 11.8 Å². The largest absolute Gasteiger partial charge is 0.481 e. The summed E-state index contributed by atoms with van der Waals surface area (Å²) in [6, 6.07) is 6.89. The van der Waals surface area contributed by atoms with Crippen LogP contribution >= 0.6 is 0 Å². The molecule has 1 saturated carbocycles. The van der Waals surface area contributed by atoms with E-state index in [1.54, 1.807) is 24.3 Å². The molecule has 1 aromatic heterocycles. The number of nitrogens with one attached hydrogen (secondary N) is 1. The van der Waals surface area contributed by atoms with Crippen molar-refractivity contribution < 1.29 is 19.1 Å². The molecule has 1 fully saturated rings. The lowest BCUT2D eigenvalue weighted by Crippen LogP contribution is -2.16. The predicted octanol–water partition coefficient (Wildman–Crippen LogP) is 1.40. The second-order valence-electron chi connectivity index (χ2n) is 4.60. The van der Waals surface area contributed by atoms with Crippen molar-refractivity contribution >= 4 is 17.6 Å². The molecule has 7 heteroatoms. The van der Waals surface area contributed by atoms with Crippen LogP contribution < -0.4 is 5.32 Å². The Hall–Kier alpha value is -2.70. The Morgan fingerprint density at radius 1 is 1.25 bits per heavy atom. The Morgan fingerprint density at radius 3 is 2.55 bits per heavy atom. The molecule has 1 aromatic carbocycles. The fraction of sp³-hybridized carbons (Fsp3) is 0.231. The predicted molar refractivity (Wildman–Crippen MR) is 67.6 cm³/mol. The number of aliphatic carboxylic acids is 1. The van der Waals surface area contributed by atoms with Crippen molar-refractivity contribution in [2.75, 3.05) is 5.32 Å². The maximum atomic E-state index is 11.8. The lowest BCUT2D eigenvalue weighted by molar-refractivity contribution is -0.139. The van der Waals surface area contributed by atoms with Crippen molar-refractivity contribution in [1.82, 2.24) is 10.2 Å². The van der Waals surface area contributed by atoms with Crippen LogP contribution in [0.4, 0.5) is 5.69 Å². The minimum absolute atomic E-state index is 0.261. The molecule has 0 spiro atoms. The van der Waals surface area contributed by atoms with Crippen LogP contribution in [-0.4, -0.2) is 27.2 Å². The summed E-state index contributed by atoms with van der Waals surface area (Å²) in [6.07, 6.45) is 1.64. The molecule has 2 N–H and O–H groups in total. The van der Waals surface area contributed by atoms with Crippen molar-refractivity contribution in [3.05, 3.63) is 30.7 Å². The van der Waals surface area contributed by atoms with Gasteiger partial charge in [0.05, 0.1) is 11.8 Å². The number of carbonyl (C=O) groups is 2. The number of carbonyl (C=O) groups excluding carboxylic acids is 1. The maximum absolute atomic E-state index is 11.8. The minimum Gasteiger partial charge on any atom is -0.481 e. The smallest absolute Gasteiger partial charge is 0.307 e. The van der Waals surface area contributed by atoms with Crippen LogP contribution in [0.5, 0.6) is 0 Å². The number of aromatic nitrogens is 2. The van der Waals surface area contributed by atoms with Gasteiger partial charge in [0.25, 0.3) is 0 Å². The Balaban J connectivity index is 1.64. The van der Waals surface area contributed by atoms with E-state index in [0.717, 1.165) is 5.56 Å². The zero-order valence-electron chi connectivity index (χ0n) is 10.3. The summed E-state index contributed by atoms with van der Waals surface area (Å²) in [5.41, 5.74) is 1.35. The van der Waals surface area contributed by atoms with Gasteiger partial charge in [0.15, 0.2) is 0 Å². The van der Waals surface area contributed by atoms with E-state index in [4.69, 9.17) is 9.52 Å². The third-order valence-corrected chi connectivity index (χ3v) is 3.20. The molecule has 0 saturated heterocycles. The molecule has 1 aliphatic rings. The summed E-state index contributed by atoms with van der Waals surface area (Å²) in [4.78, 5) is 22.5. The summed E-state index contributed by atoms with van der Waals surface area (Å²) in [7, 11) is 0. The molecule has 0 aliphatic heterocycles. The van der Waals surface area contributed by atoms with Crippen molar-refractivity contribution in [3.63, 3.8) is 0 Å². The topological polar surface area (TPSA) is 105 Å². The Labute approximate surface area is 113 Å². The number of nitrogens with zero attached hydrogens (tertiary/aromatic N) is 2. The van der Waals surface area contributed by atoms with Gasteiger partial charge >= 0.3 is 5.97 Å². The van der Waals surface area contributed by atoms with Crippen LogP contribution in [0.2, 0.25) is 0 Å². The van der Waals surface area contributed by atoms with Gasteiger partial charge in [0, 0.05) is 11.3 Å². The fourth-order valence-corrected chi connectivity index (χ4v) is 1.99. The first-order valence-corrected chi connectivity index (χ1v) is 6.05. The fourth-order valence-electron chi connectivity index (χ4n) is 1.99. The number of carboxylic acid groups (broad SMARTS) is 1. The number of rotatable bonds is 4. The third-order valence-electron chi connectivity index (χ3n) is 3.20. The number of hydrogen-bond acceptors (Lipinski definition) is 5. The molecule has 20 heavy (non-hydrogen) atoms. The van der Waals surface area contributed by atoms with Gasteiger partial charge in [-0.1, -0.05) is 0 Å². The average molecular weight is 273 g/mol. The van der Waals surface area contributed by atoms with Crippen molar-refractivity contribution in [2.45, 2.75) is 6.42 Å². The van der Waals surface area contributed by atoms with E-state index < -0.39 is 17.8 Å². The molecule has 7 nitrogen and oxygen atoms in total. The second-order valence-corrected chi connectivity index (χ2v) is 4.60. The van der Waals surface area contributed by atoms with Crippen LogP contribution in [0.3, 0.4) is 0 Å². The molecule has 0 bridgehead atoms. The molecule has 2 aromatic rings. The highest BCUT2D eigenvalue weighted by atomic mass is 16.4. The first kappa shape index (κ1) is 12.3. The highest BCUT2D eigenvalue weighted by Gasteiger charge is 2.48. The highest BCUT2D eigenvalue weighted by Crippen LogP contribution is 2.39. The van der Waals surface area contributed by atoms with E-state index in [-0.39, 0.29) is 5.91 Å². The zero-order valence-corrected chi connectivity index (χ0v) is 10.3. The average Bonchev–Trinajstić information content (AvgIpc) is 3.07. The first-order chi connectivity index (χ1) is 9.65. The lowest BCUT2D eigenvalue weighted by Gasteiger charge is -2.04. The number of carboxylic acids is 1. The molecular weight excluding hydrogens is 262 g/mol. The molecule has 102 valence electrons. The van der Waals surface area contributed by atoms with Gasteiger partial charge in [-0.25, -0.2) is 0 Å². The van der Waals surface area contributed by atoms with Crippen molar-refractivity contribution in [3.8, 4) is 11.5 Å². The Morgan fingerprint density at radius 2 is 2.00 bits per heavy atom. The van der Waals surface area contributed by atoms with Crippen molar-refractivity contribution in [1.29, 1.82) is 0 Å². The summed E-state index contributed by atoms with van der Waals surface area (Å²) in [5, 5.41) is 18.8. The number of hydrogen-bond donors (Lipinski definition) is 2. The van der Waals surface area contributed by atoms with Gasteiger partial charge in [-0.15, -0.1) is 10.2 Å². The molecule has 3 rings (SSSR count). The zero-order chi connectivity index (χ0) is 14.1. The molecule has 0 unspecified atom stereocenters. The molecule has 0 radical (unpaired) electrons. The lowest BCUT2D eigenvalue weighted by atomic mass is 10.2. The molecule has 1 amide bonds. The quantitative estimate of drug-likeness (QED) is 0.872. The van der Waals surface area contributed by atoms with Gasteiger partial charge in [-0.05, 0) is 30.7 Å². The van der Waals surface area contributed by atoms with Gasteiger partial charge in [0.2, 0.25) is 18.2 Å². The Kier molecular flexibility index (Phi) is 2.94. The van der Waals surface area contributed by atoms with E-state index in [1.807, 2.05) is 0 Å². The van der Waals surface area contributed by atoms with E-state index in [2.05, 4.69) is 15.5 Å². The van der Waals surface area contributed by atoms with Crippen LogP contribution in [0.25, 0.3) is 11.5 Å². The maximum Gasteiger partial charge on any atom is 0.307 e. The SMILES string of the molecule is O=C(O)[C@H]1C[C@H]1C(=O)Nc1ccc(-c2nnco2)cc1. The van der Waals surface area contributed by atoms with Gasteiger partial charge in [-0.3, -0.25) is 9.59 Å². The normalized spacial score (nSPS) is 20.4. The Bertz CT molecular complexity index is 636. The van der Waals surface area contributed by atoms with Crippen LogP contribution in [-0.2, 0) is 9.59 Å². The number of anilines is 1. The van der Waals surface area contributed by atoms with Gasteiger partial charge in [-0.2, -0.15) is 0 Å². The van der Waals surface area contributed by atoms with Gasteiger partial charge < -0.3 is 14.8 Å². The van der Waals surface area contributed by atoms with E-state index in [1.165, 1.54) is 6.39 Å². The molecular formula is C13H11N3O4. The summed E-state index contributed by atoms with van der Waals surface area (Å²) >= 11 is 0. The van der Waals surface area contributed by atoms with E-state index in [0.29, 0.717) is 18.0 Å². The monoisotopic (exact) mass is 273 g/mol. The van der Waals surface area contributed by atoms with E-state index >= 15 is 0 Å². The summed E-state index contributed by atoms with van der Waals surface area (Å²) in [5.74, 6) is -1.76. The molecule has 2 atom stereocenters. The summed E-state index contributed by atoms with van der Waals surface area (Å²) in [6.45, 7) is 0. The molecule has 1 heterocycles. The molecule has 1 aliphatic carbocycles. The number of amides is 1. The second kappa shape index (κ2) is 4.76. The first-order valence-electron chi connectivity index (χ1n) is 6.05. The standard InChI is InChI=1S/C13H11N3O4/c17-11(9-5-10(9)13(18)19)15-8-3-1-7(2-4-8)12-16-14-6-20-12/h1-4,6,9-10H,5H2,(H,15,17)(H,18,19)/t9-,10+/m1/s1. The van der Waals surface area contributed by atoms with Crippen LogP contribution in [0.1, 0.15) is 6.42 Å². The third kappa shape index (κ3) is 2.37. The number of benzene rings is 1. The summed E-state index contributed by atoms with van der Waals surface area (Å²) < 4.78 is 5.05. The van der Waals surface area contributed by atoms with Gasteiger partial charge in [0.1, 0.15) is 0 Å². The van der Waals surface area contributed by atoms with Crippen LogP contribution in [0.15, 0.2) is 35.1 Å². The minimum atomic E-state index is -0.920. The van der Waals surface area contributed by atoms with E-state index in [9.17, 15) is 9.59 Å². The highest BCUT2D eigenvalue weighted by molar-refractivity contribution is 5.98. The van der Waals surface area contributed by atoms with Crippen LogP contribution in [0, 0.1) is 11.8 Å².